The summed E-state index contributed by atoms with van der Waals surface area (Å²) in [5.74, 6) is 0. The molecule has 1 fully saturated rings. The first-order valence-electron chi connectivity index (χ1n) is 4.79. The summed E-state index contributed by atoms with van der Waals surface area (Å²) in [5.41, 5.74) is 2.91. The summed E-state index contributed by atoms with van der Waals surface area (Å²) >= 11 is 0. The van der Waals surface area contributed by atoms with Crippen molar-refractivity contribution in [2.24, 2.45) is 0 Å². The summed E-state index contributed by atoms with van der Waals surface area (Å²) in [5, 5.41) is 8.42. The van der Waals surface area contributed by atoms with Crippen LogP contribution in [0.4, 0.5) is 0 Å². The molecule has 3 nitrogen and oxygen atoms in total. The number of rotatable bonds is 1. The fourth-order valence-corrected chi connectivity index (χ4v) is 1.80. The highest BCUT2D eigenvalue weighted by molar-refractivity contribution is 5.60. The topological polar surface area (TPSA) is 49.2 Å². The SMILES string of the molecule is N#CC=Cc1ccc2c(n1)C=CC1OC21. The Morgan fingerprint density at radius 3 is 3.27 bits per heavy atom. The number of ether oxygens (including phenoxy) is 1. The maximum absolute atomic E-state index is 8.42. The lowest BCUT2D eigenvalue weighted by atomic mass is 10.0. The molecule has 3 heteroatoms. The minimum Gasteiger partial charge on any atom is -0.360 e. The molecule has 0 bridgehead atoms. The second-order valence-corrected chi connectivity index (χ2v) is 3.55. The van der Waals surface area contributed by atoms with Crippen molar-refractivity contribution in [3.8, 4) is 6.07 Å². The second-order valence-electron chi connectivity index (χ2n) is 3.55. The minimum absolute atomic E-state index is 0.214. The van der Waals surface area contributed by atoms with Crippen LogP contribution in [0, 0.1) is 11.3 Å². The van der Waals surface area contributed by atoms with Gasteiger partial charge in [0.2, 0.25) is 0 Å². The molecule has 1 aromatic rings. The van der Waals surface area contributed by atoms with E-state index in [1.54, 1.807) is 6.08 Å². The first-order valence-corrected chi connectivity index (χ1v) is 4.79. The van der Waals surface area contributed by atoms with Gasteiger partial charge in [-0.15, -0.1) is 0 Å². The van der Waals surface area contributed by atoms with Gasteiger partial charge >= 0.3 is 0 Å². The predicted octanol–water partition coefficient (Wildman–Crippen LogP) is 2.09. The molecule has 2 heterocycles. The average molecular weight is 196 g/mol. The molecule has 15 heavy (non-hydrogen) atoms. The molecular weight excluding hydrogens is 188 g/mol. The van der Waals surface area contributed by atoms with E-state index in [-0.39, 0.29) is 12.2 Å². The number of aromatic nitrogens is 1. The van der Waals surface area contributed by atoms with Crippen molar-refractivity contribution in [3.63, 3.8) is 0 Å². The number of hydrogen-bond acceptors (Lipinski definition) is 3. The molecule has 1 aromatic heterocycles. The molecule has 0 aromatic carbocycles. The lowest BCUT2D eigenvalue weighted by Gasteiger charge is -2.06. The van der Waals surface area contributed by atoms with Crippen LogP contribution in [0.25, 0.3) is 12.2 Å². The maximum Gasteiger partial charge on any atom is 0.115 e. The molecular formula is C12H8N2O. The Labute approximate surface area is 87.3 Å². The van der Waals surface area contributed by atoms with Crippen LogP contribution in [0.15, 0.2) is 24.3 Å². The zero-order valence-corrected chi connectivity index (χ0v) is 7.92. The quantitative estimate of drug-likeness (QED) is 0.510. The van der Waals surface area contributed by atoms with Crippen molar-refractivity contribution in [3.05, 3.63) is 41.2 Å². The van der Waals surface area contributed by atoms with Gasteiger partial charge < -0.3 is 4.74 Å². The number of allylic oxidation sites excluding steroid dienone is 1. The Morgan fingerprint density at radius 2 is 2.40 bits per heavy atom. The van der Waals surface area contributed by atoms with Gasteiger partial charge in [-0.05, 0) is 18.2 Å². The second kappa shape index (κ2) is 3.04. The van der Waals surface area contributed by atoms with Crippen LogP contribution < -0.4 is 0 Å². The molecule has 1 aliphatic carbocycles. The van der Waals surface area contributed by atoms with Gasteiger partial charge in [0.05, 0.1) is 17.5 Å². The fraction of sp³-hybridized carbons (Fsp3) is 0.167. The predicted molar refractivity (Wildman–Crippen MR) is 55.5 cm³/mol. The Morgan fingerprint density at radius 1 is 1.47 bits per heavy atom. The highest BCUT2D eigenvalue weighted by atomic mass is 16.6. The van der Waals surface area contributed by atoms with Gasteiger partial charge in [-0.1, -0.05) is 12.1 Å². The lowest BCUT2D eigenvalue weighted by molar-refractivity contribution is 0.395. The molecule has 2 aliphatic rings. The van der Waals surface area contributed by atoms with Crippen LogP contribution in [0.3, 0.4) is 0 Å². The Kier molecular flexibility index (Phi) is 1.70. The number of nitrogens with zero attached hydrogens (tertiary/aromatic N) is 2. The van der Waals surface area contributed by atoms with E-state index < -0.39 is 0 Å². The van der Waals surface area contributed by atoms with Crippen molar-refractivity contribution in [2.45, 2.75) is 12.2 Å². The summed E-state index contributed by atoms with van der Waals surface area (Å²) in [6.07, 6.45) is 7.61. The molecule has 2 atom stereocenters. The molecule has 0 N–H and O–H groups in total. The van der Waals surface area contributed by atoms with E-state index in [1.807, 2.05) is 30.4 Å². The molecule has 2 unspecified atom stereocenters. The zero-order chi connectivity index (χ0) is 10.3. The Bertz CT molecular complexity index is 511. The molecule has 0 spiro atoms. The van der Waals surface area contributed by atoms with Crippen LogP contribution in [-0.2, 0) is 4.74 Å². The largest absolute Gasteiger partial charge is 0.360 e. The van der Waals surface area contributed by atoms with Crippen molar-refractivity contribution >= 4 is 12.2 Å². The summed E-state index contributed by atoms with van der Waals surface area (Å²) in [7, 11) is 0. The van der Waals surface area contributed by atoms with Gasteiger partial charge in [0.1, 0.15) is 12.2 Å². The monoisotopic (exact) mass is 196 g/mol. The third-order valence-electron chi connectivity index (χ3n) is 2.58. The van der Waals surface area contributed by atoms with E-state index in [1.165, 1.54) is 6.08 Å². The maximum atomic E-state index is 8.42. The first kappa shape index (κ1) is 8.39. The van der Waals surface area contributed by atoms with Crippen LogP contribution in [-0.4, -0.2) is 11.1 Å². The van der Waals surface area contributed by atoms with E-state index in [0.29, 0.717) is 0 Å². The van der Waals surface area contributed by atoms with Crippen molar-refractivity contribution < 1.29 is 4.74 Å². The van der Waals surface area contributed by atoms with Crippen molar-refractivity contribution in [1.82, 2.24) is 4.98 Å². The third-order valence-corrected chi connectivity index (χ3v) is 2.58. The van der Waals surface area contributed by atoms with Gasteiger partial charge in [-0.2, -0.15) is 5.26 Å². The highest BCUT2D eigenvalue weighted by Gasteiger charge is 2.41. The van der Waals surface area contributed by atoms with E-state index in [2.05, 4.69) is 4.98 Å². The Hall–Kier alpha value is -1.92. The summed E-state index contributed by atoms with van der Waals surface area (Å²) in [4.78, 5) is 4.42. The molecule has 0 radical (unpaired) electrons. The van der Waals surface area contributed by atoms with Crippen molar-refractivity contribution in [2.75, 3.05) is 0 Å². The van der Waals surface area contributed by atoms with Crippen LogP contribution >= 0.6 is 0 Å². The van der Waals surface area contributed by atoms with Crippen LogP contribution in [0.5, 0.6) is 0 Å². The van der Waals surface area contributed by atoms with Gasteiger partial charge in [0.15, 0.2) is 0 Å². The third kappa shape index (κ3) is 1.36. The summed E-state index contributed by atoms with van der Waals surface area (Å²) in [6.45, 7) is 0. The molecule has 0 saturated carbocycles. The van der Waals surface area contributed by atoms with Crippen LogP contribution in [0.1, 0.15) is 23.1 Å². The summed E-state index contributed by atoms with van der Waals surface area (Å²) < 4.78 is 5.43. The van der Waals surface area contributed by atoms with Gasteiger partial charge in [-0.25, -0.2) is 4.98 Å². The number of hydrogen-bond donors (Lipinski definition) is 0. The Balaban J connectivity index is 2.01. The van der Waals surface area contributed by atoms with Crippen molar-refractivity contribution in [1.29, 1.82) is 5.26 Å². The number of pyridine rings is 1. The number of nitriles is 1. The number of epoxide rings is 1. The molecule has 3 rings (SSSR count). The average Bonchev–Trinajstić information content (AvgIpc) is 3.05. The molecule has 1 aliphatic heterocycles. The minimum atomic E-state index is 0.214. The van der Waals surface area contributed by atoms with E-state index in [4.69, 9.17) is 10.00 Å². The normalized spacial score (nSPS) is 25.8. The number of fused-ring (bicyclic) bond motifs is 3. The van der Waals surface area contributed by atoms with E-state index in [0.717, 1.165) is 17.0 Å². The fourth-order valence-electron chi connectivity index (χ4n) is 1.80. The smallest absolute Gasteiger partial charge is 0.115 e. The molecule has 0 amide bonds. The standard InChI is InChI=1S/C12H8N2O/c13-7-1-2-8-3-4-9-10(14-8)5-6-11-12(9)15-11/h1-6,11-12H. The van der Waals surface area contributed by atoms with E-state index in [9.17, 15) is 0 Å². The lowest BCUT2D eigenvalue weighted by Crippen LogP contribution is -1.98. The van der Waals surface area contributed by atoms with Gasteiger partial charge in [0.25, 0.3) is 0 Å². The first-order chi connectivity index (χ1) is 7.38. The molecule has 72 valence electrons. The van der Waals surface area contributed by atoms with Crippen LogP contribution in [0.2, 0.25) is 0 Å². The highest BCUT2D eigenvalue weighted by Crippen LogP contribution is 2.44. The van der Waals surface area contributed by atoms with Gasteiger partial charge in [0, 0.05) is 11.6 Å². The molecule has 1 saturated heterocycles. The van der Waals surface area contributed by atoms with E-state index >= 15 is 0 Å². The zero-order valence-electron chi connectivity index (χ0n) is 7.92. The van der Waals surface area contributed by atoms with Gasteiger partial charge in [-0.3, -0.25) is 0 Å². The summed E-state index contributed by atoms with van der Waals surface area (Å²) in [6, 6.07) is 5.88.